The number of amides is 1. The van der Waals surface area contributed by atoms with Crippen molar-refractivity contribution in [2.75, 3.05) is 31.6 Å². The molecule has 24 heavy (non-hydrogen) atoms. The second kappa shape index (κ2) is 5.14. The normalized spacial score (nSPS) is 27.6. The van der Waals surface area contributed by atoms with E-state index in [9.17, 15) is 4.79 Å². The van der Waals surface area contributed by atoms with Gasteiger partial charge in [-0.05, 0) is 18.9 Å². The Morgan fingerprint density at radius 3 is 3.00 bits per heavy atom. The first kappa shape index (κ1) is 14.2. The van der Waals surface area contributed by atoms with Crippen LogP contribution < -0.4 is 4.90 Å². The monoisotopic (exact) mass is 328 g/mol. The second-order valence-electron chi connectivity index (χ2n) is 6.96. The Hall–Kier alpha value is -2.22. The predicted molar refractivity (Wildman–Crippen MR) is 85.9 cm³/mol. The van der Waals surface area contributed by atoms with Crippen molar-refractivity contribution in [1.82, 2.24) is 24.7 Å². The molecular formula is C16H20N6O2. The summed E-state index contributed by atoms with van der Waals surface area (Å²) in [5.74, 6) is 0.717. The first-order chi connectivity index (χ1) is 11.7. The van der Waals surface area contributed by atoms with Gasteiger partial charge in [-0.2, -0.15) is 9.61 Å². The van der Waals surface area contributed by atoms with Crippen LogP contribution in [0.5, 0.6) is 0 Å². The summed E-state index contributed by atoms with van der Waals surface area (Å²) >= 11 is 0. The van der Waals surface area contributed by atoms with Crippen LogP contribution in [0.1, 0.15) is 30.9 Å². The summed E-state index contributed by atoms with van der Waals surface area (Å²) in [5.41, 5.74) is 2.92. The van der Waals surface area contributed by atoms with Gasteiger partial charge in [-0.3, -0.25) is 4.79 Å². The number of carbonyl (C=O) groups is 1. The third kappa shape index (κ3) is 2.16. The first-order valence-electron chi connectivity index (χ1n) is 8.54. The van der Waals surface area contributed by atoms with Crippen LogP contribution in [-0.4, -0.2) is 69.5 Å². The molecule has 0 spiro atoms. The maximum atomic E-state index is 12.1. The molecule has 0 N–H and O–H groups in total. The van der Waals surface area contributed by atoms with Crippen molar-refractivity contribution in [2.24, 2.45) is 0 Å². The molecule has 0 radical (unpaired) electrons. The van der Waals surface area contributed by atoms with Crippen LogP contribution in [-0.2, 0) is 9.53 Å². The molecule has 0 aromatic carbocycles. The average Bonchev–Trinajstić information content (AvgIpc) is 3.21. The lowest BCUT2D eigenvalue weighted by Crippen LogP contribution is -2.42. The van der Waals surface area contributed by atoms with E-state index in [0.717, 1.165) is 30.1 Å². The molecule has 3 aliphatic rings. The van der Waals surface area contributed by atoms with E-state index in [1.54, 1.807) is 10.8 Å². The van der Waals surface area contributed by atoms with Crippen molar-refractivity contribution in [2.45, 2.75) is 37.3 Å². The fourth-order valence-corrected chi connectivity index (χ4v) is 3.79. The lowest BCUT2D eigenvalue weighted by molar-refractivity contribution is -0.130. The molecule has 2 saturated heterocycles. The summed E-state index contributed by atoms with van der Waals surface area (Å²) in [5, 5.41) is 12.9. The van der Waals surface area contributed by atoms with E-state index in [0.29, 0.717) is 18.9 Å². The molecule has 2 aromatic rings. The minimum Gasteiger partial charge on any atom is -0.374 e. The van der Waals surface area contributed by atoms with Gasteiger partial charge < -0.3 is 14.5 Å². The third-order valence-electron chi connectivity index (χ3n) is 5.38. The molecule has 1 saturated carbocycles. The van der Waals surface area contributed by atoms with Crippen LogP contribution in [0, 0.1) is 0 Å². The number of ether oxygens (including phenoxy) is 1. The Morgan fingerprint density at radius 2 is 2.17 bits per heavy atom. The average molecular weight is 328 g/mol. The highest BCUT2D eigenvalue weighted by Gasteiger charge is 2.41. The number of aromatic nitrogens is 4. The summed E-state index contributed by atoms with van der Waals surface area (Å²) in [6, 6.07) is 2.23. The van der Waals surface area contributed by atoms with E-state index in [-0.39, 0.29) is 18.1 Å². The minimum atomic E-state index is 0.0435. The van der Waals surface area contributed by atoms with Crippen molar-refractivity contribution in [1.29, 1.82) is 0 Å². The maximum absolute atomic E-state index is 12.1. The van der Waals surface area contributed by atoms with Crippen molar-refractivity contribution >= 4 is 17.2 Å². The molecule has 0 bridgehead atoms. The van der Waals surface area contributed by atoms with Gasteiger partial charge in [0.15, 0.2) is 0 Å². The van der Waals surface area contributed by atoms with Gasteiger partial charge in [0.05, 0.1) is 36.6 Å². The van der Waals surface area contributed by atoms with Crippen LogP contribution in [0.25, 0.3) is 5.65 Å². The molecule has 8 nitrogen and oxygen atoms in total. The SMILES string of the molecule is CN1C(=O)CCO[C@H]2CN(c3cc(C4CC4)nn4cnnc34)C[C@@H]21. The van der Waals surface area contributed by atoms with E-state index in [2.05, 4.69) is 26.3 Å². The molecule has 2 atom stereocenters. The molecule has 8 heteroatoms. The Morgan fingerprint density at radius 1 is 1.29 bits per heavy atom. The van der Waals surface area contributed by atoms with Gasteiger partial charge in [0.1, 0.15) is 6.33 Å². The van der Waals surface area contributed by atoms with Gasteiger partial charge in [-0.1, -0.05) is 0 Å². The van der Waals surface area contributed by atoms with Crippen LogP contribution in [0.2, 0.25) is 0 Å². The Kier molecular flexibility index (Phi) is 3.03. The molecule has 2 aliphatic heterocycles. The molecule has 0 unspecified atom stereocenters. The number of anilines is 1. The van der Waals surface area contributed by atoms with Crippen LogP contribution >= 0.6 is 0 Å². The standard InChI is InChI=1S/C16H20N6O2/c1-20-13-7-21(8-14(13)24-5-4-15(20)23)12-6-11(10-2-3-10)19-22-9-17-18-16(12)22/h6,9-10,13-14H,2-5,7-8H2,1H3/t13-,14-/m0/s1. The number of likely N-dealkylation sites (N-methyl/N-ethyl adjacent to an activating group) is 1. The van der Waals surface area contributed by atoms with Crippen LogP contribution in [0.4, 0.5) is 5.69 Å². The van der Waals surface area contributed by atoms with Crippen molar-refractivity contribution in [3.05, 3.63) is 18.1 Å². The molecule has 4 heterocycles. The summed E-state index contributed by atoms with van der Waals surface area (Å²) in [6.07, 6.45) is 4.57. The number of fused-ring (bicyclic) bond motifs is 2. The summed E-state index contributed by atoms with van der Waals surface area (Å²) in [6.45, 7) is 2.02. The lowest BCUT2D eigenvalue weighted by atomic mass is 10.2. The summed E-state index contributed by atoms with van der Waals surface area (Å²) in [7, 11) is 1.88. The van der Waals surface area contributed by atoms with E-state index in [4.69, 9.17) is 4.74 Å². The number of hydrogen-bond acceptors (Lipinski definition) is 6. The highest BCUT2D eigenvalue weighted by Crippen LogP contribution is 2.41. The first-order valence-corrected chi connectivity index (χ1v) is 8.54. The predicted octanol–water partition coefficient (Wildman–Crippen LogP) is 0.438. The Balaban J connectivity index is 1.52. The molecule has 1 aliphatic carbocycles. The third-order valence-corrected chi connectivity index (χ3v) is 5.38. The quantitative estimate of drug-likeness (QED) is 0.796. The van der Waals surface area contributed by atoms with Gasteiger partial charge in [0, 0.05) is 26.1 Å². The number of carbonyl (C=O) groups excluding carboxylic acids is 1. The molecule has 3 fully saturated rings. The molecule has 5 rings (SSSR count). The Labute approximate surface area is 139 Å². The van der Waals surface area contributed by atoms with Crippen LogP contribution in [0.3, 0.4) is 0 Å². The largest absolute Gasteiger partial charge is 0.374 e. The smallest absolute Gasteiger partial charge is 0.225 e. The fraction of sp³-hybridized carbons (Fsp3) is 0.625. The second-order valence-corrected chi connectivity index (χ2v) is 6.96. The number of hydrogen-bond donors (Lipinski definition) is 0. The van der Waals surface area contributed by atoms with E-state index in [1.807, 2.05) is 11.9 Å². The number of rotatable bonds is 2. The minimum absolute atomic E-state index is 0.0435. The summed E-state index contributed by atoms with van der Waals surface area (Å²) < 4.78 is 7.71. The van der Waals surface area contributed by atoms with Crippen molar-refractivity contribution < 1.29 is 9.53 Å². The fourth-order valence-electron chi connectivity index (χ4n) is 3.79. The van der Waals surface area contributed by atoms with Gasteiger partial charge in [0.25, 0.3) is 0 Å². The lowest BCUT2D eigenvalue weighted by Gasteiger charge is -2.25. The molecule has 1 amide bonds. The summed E-state index contributed by atoms with van der Waals surface area (Å²) in [4.78, 5) is 16.2. The van der Waals surface area contributed by atoms with Crippen molar-refractivity contribution in [3.8, 4) is 0 Å². The topological polar surface area (TPSA) is 75.9 Å². The van der Waals surface area contributed by atoms with Gasteiger partial charge in [-0.25, -0.2) is 0 Å². The van der Waals surface area contributed by atoms with E-state index < -0.39 is 0 Å². The van der Waals surface area contributed by atoms with Gasteiger partial charge >= 0.3 is 0 Å². The Bertz CT molecular complexity index is 801. The van der Waals surface area contributed by atoms with Crippen molar-refractivity contribution in [3.63, 3.8) is 0 Å². The van der Waals surface area contributed by atoms with Crippen LogP contribution in [0.15, 0.2) is 12.4 Å². The molecule has 126 valence electrons. The zero-order valence-electron chi connectivity index (χ0n) is 13.6. The highest BCUT2D eigenvalue weighted by molar-refractivity contribution is 5.77. The van der Waals surface area contributed by atoms with Gasteiger partial charge in [0.2, 0.25) is 11.6 Å². The van der Waals surface area contributed by atoms with E-state index >= 15 is 0 Å². The maximum Gasteiger partial charge on any atom is 0.225 e. The number of nitrogens with zero attached hydrogens (tertiary/aromatic N) is 6. The molecular weight excluding hydrogens is 308 g/mol. The zero-order chi connectivity index (χ0) is 16.3. The highest BCUT2D eigenvalue weighted by atomic mass is 16.5. The van der Waals surface area contributed by atoms with Gasteiger partial charge in [-0.15, -0.1) is 10.2 Å². The van der Waals surface area contributed by atoms with E-state index in [1.165, 1.54) is 12.8 Å². The zero-order valence-corrected chi connectivity index (χ0v) is 13.6. The molecule has 2 aromatic heterocycles.